The van der Waals surface area contributed by atoms with E-state index in [1.165, 1.54) is 180 Å². The number of hydrogen-bond donors (Lipinski definition) is 4. The van der Waals surface area contributed by atoms with Crippen molar-refractivity contribution in [1.29, 1.82) is 0 Å². The Labute approximate surface area is 410 Å². The number of allylic oxidation sites excluding steroid dienone is 4. The van der Waals surface area contributed by atoms with Crippen LogP contribution in [0.3, 0.4) is 0 Å². The van der Waals surface area contributed by atoms with E-state index in [1.807, 2.05) is 0 Å². The molecule has 0 bridgehead atoms. The molecule has 0 radical (unpaired) electrons. The van der Waals surface area contributed by atoms with Gasteiger partial charge in [-0.1, -0.05) is 205 Å². The molecule has 1 aliphatic rings. The van der Waals surface area contributed by atoms with Crippen LogP contribution in [0.4, 0.5) is 0 Å². The Morgan fingerprint density at radius 3 is 1.34 bits per heavy atom. The van der Waals surface area contributed by atoms with E-state index in [-0.39, 0.29) is 19.6 Å². The van der Waals surface area contributed by atoms with E-state index in [0.717, 1.165) is 44.9 Å². The number of ether oxygens (including phenoxy) is 4. The Balaban J connectivity index is 2.29. The molecule has 396 valence electrons. The molecule has 0 aromatic rings. The molecule has 1 rings (SSSR count). The van der Waals surface area contributed by atoms with Gasteiger partial charge < -0.3 is 34.3 Å². The lowest BCUT2D eigenvalue weighted by Crippen LogP contribution is -2.60. The van der Waals surface area contributed by atoms with Crippen LogP contribution in [0.2, 0.25) is 0 Å². The highest BCUT2D eigenvalue weighted by Gasteiger charge is 2.48. The fraction of sp³-hybridized carbons (Fsp3) is 0.907. The van der Waals surface area contributed by atoms with Crippen molar-refractivity contribution < 1.29 is 56.2 Å². The number of aliphatic hydroxyl groups is 3. The summed E-state index contributed by atoms with van der Waals surface area (Å²) in [5.41, 5.74) is 0. The third kappa shape index (κ3) is 39.0. The number of carbonyl (C=O) groups is 1. The van der Waals surface area contributed by atoms with E-state index in [4.69, 9.17) is 18.9 Å². The molecule has 0 saturated carbocycles. The molecule has 1 aliphatic heterocycles. The van der Waals surface area contributed by atoms with Crippen molar-refractivity contribution in [3.05, 3.63) is 24.3 Å². The highest BCUT2D eigenvalue weighted by atomic mass is 32.3. The van der Waals surface area contributed by atoms with E-state index in [1.54, 1.807) is 0 Å². The summed E-state index contributed by atoms with van der Waals surface area (Å²) in [4.78, 5) is 12.9. The van der Waals surface area contributed by atoms with Gasteiger partial charge in [-0.3, -0.25) is 9.35 Å². The summed E-state index contributed by atoms with van der Waals surface area (Å²) in [6, 6.07) is 0. The molecule has 1 fully saturated rings. The zero-order valence-corrected chi connectivity index (χ0v) is 43.5. The second-order valence-electron chi connectivity index (χ2n) is 19.2. The molecule has 1 saturated heterocycles. The zero-order valence-electron chi connectivity index (χ0n) is 42.7. The summed E-state index contributed by atoms with van der Waals surface area (Å²) in [7, 11) is -5.06. The Kier molecular flexibility index (Phi) is 43.4. The number of unbranched alkanes of at least 4 members (excludes halogenated alkanes) is 32. The van der Waals surface area contributed by atoms with Crippen molar-refractivity contribution in [2.75, 3.05) is 26.4 Å². The molecule has 13 heteroatoms. The maximum Gasteiger partial charge on any atom is 0.397 e. The van der Waals surface area contributed by atoms with Crippen molar-refractivity contribution in [1.82, 2.24) is 0 Å². The van der Waals surface area contributed by atoms with Crippen molar-refractivity contribution in [3.63, 3.8) is 0 Å². The maximum atomic E-state index is 12.9. The second kappa shape index (κ2) is 45.7. The standard InChI is InChI=1S/C54H102O12S/c1-3-5-7-9-11-13-15-17-19-20-21-22-23-24-25-26-27-28-29-31-33-35-37-39-41-43-50(56)64-48(47-63-54-52(58)53(66-67(59,60)61)51(57)49(45-55)65-54)46-62-44-42-40-38-36-34-32-30-18-16-14-12-10-8-6-4-2/h16,18,20-21,48-49,51-55,57-58H,3-15,17,19,22-47H2,1-2H3,(H,59,60,61)/b18-16-,21-20-. The van der Waals surface area contributed by atoms with E-state index in [0.29, 0.717) is 13.0 Å². The summed E-state index contributed by atoms with van der Waals surface area (Å²) in [6.07, 6.45) is 45.0. The predicted octanol–water partition coefficient (Wildman–Crippen LogP) is 13.1. The molecule has 0 amide bonds. The first-order valence-electron chi connectivity index (χ1n) is 27.6. The first-order chi connectivity index (χ1) is 32.6. The fourth-order valence-corrected chi connectivity index (χ4v) is 9.11. The van der Waals surface area contributed by atoms with Crippen molar-refractivity contribution in [2.45, 2.75) is 288 Å². The molecule has 0 aliphatic carbocycles. The molecule has 6 unspecified atom stereocenters. The van der Waals surface area contributed by atoms with Crippen LogP contribution < -0.4 is 0 Å². The van der Waals surface area contributed by atoms with Crippen molar-refractivity contribution in [2.24, 2.45) is 0 Å². The normalized spacial score (nSPS) is 19.5. The van der Waals surface area contributed by atoms with Gasteiger partial charge in [-0.25, -0.2) is 4.18 Å². The molecule has 67 heavy (non-hydrogen) atoms. The largest absolute Gasteiger partial charge is 0.457 e. The van der Waals surface area contributed by atoms with Gasteiger partial charge in [-0.15, -0.1) is 0 Å². The molecule has 12 nitrogen and oxygen atoms in total. The summed E-state index contributed by atoms with van der Waals surface area (Å²) in [5, 5.41) is 30.8. The second-order valence-corrected chi connectivity index (χ2v) is 20.2. The number of carbonyl (C=O) groups excluding carboxylic acids is 1. The summed E-state index contributed by atoms with van der Waals surface area (Å²) >= 11 is 0. The van der Waals surface area contributed by atoms with E-state index >= 15 is 0 Å². The van der Waals surface area contributed by atoms with E-state index in [9.17, 15) is 33.1 Å². The number of rotatable bonds is 49. The Bertz CT molecular complexity index is 1260. The monoisotopic (exact) mass is 975 g/mol. The molecule has 0 spiro atoms. The third-order valence-corrected chi connectivity index (χ3v) is 13.3. The van der Waals surface area contributed by atoms with Crippen LogP contribution in [0.5, 0.6) is 0 Å². The summed E-state index contributed by atoms with van der Waals surface area (Å²) in [5.74, 6) is -0.397. The van der Waals surface area contributed by atoms with Crippen molar-refractivity contribution >= 4 is 16.4 Å². The molecule has 6 atom stereocenters. The lowest BCUT2D eigenvalue weighted by atomic mass is 9.99. The third-order valence-electron chi connectivity index (χ3n) is 12.8. The quantitative estimate of drug-likeness (QED) is 0.0197. The minimum atomic E-state index is -5.06. The van der Waals surface area contributed by atoms with Crippen LogP contribution in [0, 0.1) is 0 Å². The summed E-state index contributed by atoms with van der Waals surface area (Å²) < 4.78 is 59.3. The number of hydrogen-bond acceptors (Lipinski definition) is 11. The average Bonchev–Trinajstić information content (AvgIpc) is 3.30. The van der Waals surface area contributed by atoms with Gasteiger partial charge in [0.1, 0.15) is 30.5 Å². The highest BCUT2D eigenvalue weighted by molar-refractivity contribution is 7.80. The van der Waals surface area contributed by atoms with Gasteiger partial charge >= 0.3 is 16.4 Å². The molecule has 1 heterocycles. The minimum absolute atomic E-state index is 0.0353. The molecule has 4 N–H and O–H groups in total. The Morgan fingerprint density at radius 1 is 0.552 bits per heavy atom. The number of esters is 1. The maximum absolute atomic E-state index is 12.9. The zero-order chi connectivity index (χ0) is 48.9. The van der Waals surface area contributed by atoms with Gasteiger partial charge in [0, 0.05) is 13.0 Å². The lowest BCUT2D eigenvalue weighted by molar-refractivity contribution is -0.301. The molecular formula is C54H102O12S. The first-order valence-corrected chi connectivity index (χ1v) is 29.0. The smallest absolute Gasteiger partial charge is 0.397 e. The predicted molar refractivity (Wildman–Crippen MR) is 271 cm³/mol. The molecular weight excluding hydrogens is 873 g/mol. The molecule has 0 aromatic heterocycles. The number of aliphatic hydroxyl groups excluding tert-OH is 3. The highest BCUT2D eigenvalue weighted by Crippen LogP contribution is 2.26. The Hall–Kier alpha value is -1.42. The SMILES string of the molecule is CCCCCCC/C=C\CCCCCCCCOCC(COC1OC(CO)C(O)C(OS(=O)(=O)O)C1O)OC(=O)CCCCCCCCCCCCCCC/C=C\CCCCCCCCCC. The van der Waals surface area contributed by atoms with E-state index in [2.05, 4.69) is 42.3 Å². The lowest BCUT2D eigenvalue weighted by Gasteiger charge is -2.41. The van der Waals surface area contributed by atoms with Crippen molar-refractivity contribution in [3.8, 4) is 0 Å². The summed E-state index contributed by atoms with van der Waals surface area (Å²) in [6.45, 7) is 4.01. The minimum Gasteiger partial charge on any atom is -0.457 e. The van der Waals surface area contributed by atoms with Crippen LogP contribution in [-0.4, -0.2) is 97.5 Å². The van der Waals surface area contributed by atoms with Gasteiger partial charge in [-0.05, 0) is 64.2 Å². The van der Waals surface area contributed by atoms with Gasteiger partial charge in [0.2, 0.25) is 0 Å². The van der Waals surface area contributed by atoms with Gasteiger partial charge in [0.25, 0.3) is 0 Å². The van der Waals surface area contributed by atoms with Crippen LogP contribution in [0.1, 0.15) is 251 Å². The van der Waals surface area contributed by atoms with Crippen LogP contribution in [0.15, 0.2) is 24.3 Å². The van der Waals surface area contributed by atoms with Crippen LogP contribution in [0.25, 0.3) is 0 Å². The topological polar surface area (TPSA) is 178 Å². The first kappa shape index (κ1) is 63.6. The average molecular weight is 975 g/mol. The van der Waals surface area contributed by atoms with Crippen LogP contribution >= 0.6 is 0 Å². The van der Waals surface area contributed by atoms with Gasteiger partial charge in [-0.2, -0.15) is 8.42 Å². The van der Waals surface area contributed by atoms with Gasteiger partial charge in [0.15, 0.2) is 6.29 Å². The van der Waals surface area contributed by atoms with Crippen LogP contribution in [-0.2, 0) is 38.3 Å². The van der Waals surface area contributed by atoms with Gasteiger partial charge in [0.05, 0.1) is 19.8 Å². The fourth-order valence-electron chi connectivity index (χ4n) is 8.61. The Morgan fingerprint density at radius 2 is 0.940 bits per heavy atom. The molecule has 0 aromatic carbocycles. The van der Waals surface area contributed by atoms with E-state index < -0.39 is 59.8 Å².